The maximum atomic E-state index is 12.2. The van der Waals surface area contributed by atoms with Gasteiger partial charge in [0.15, 0.2) is 0 Å². The minimum absolute atomic E-state index is 0.0654. The van der Waals surface area contributed by atoms with Crippen molar-refractivity contribution in [2.75, 3.05) is 5.75 Å². The average molecular weight is 247 g/mol. The van der Waals surface area contributed by atoms with E-state index in [1.165, 1.54) is 0 Å². The Morgan fingerprint density at radius 3 is 2.31 bits per heavy atom. The average Bonchev–Trinajstić information content (AvgIpc) is 2.50. The predicted molar refractivity (Wildman–Crippen MR) is 62.6 cm³/mol. The van der Waals surface area contributed by atoms with Crippen molar-refractivity contribution < 1.29 is 13.5 Å². The summed E-state index contributed by atoms with van der Waals surface area (Å²) in [5.41, 5.74) is 0. The lowest BCUT2D eigenvalue weighted by Crippen LogP contribution is -2.48. The second kappa shape index (κ2) is 4.63. The van der Waals surface area contributed by atoms with Gasteiger partial charge in [-0.15, -0.1) is 0 Å². The van der Waals surface area contributed by atoms with Crippen LogP contribution < -0.4 is 0 Å². The number of aliphatic hydroxyl groups excluding tert-OH is 1. The summed E-state index contributed by atoms with van der Waals surface area (Å²) in [6.45, 7) is 2.00. The van der Waals surface area contributed by atoms with Crippen LogP contribution in [0.15, 0.2) is 0 Å². The predicted octanol–water partition coefficient (Wildman–Crippen LogP) is 1.10. The summed E-state index contributed by atoms with van der Waals surface area (Å²) in [5, 5.41) is 9.63. The Bertz CT molecular complexity index is 327. The fraction of sp³-hybridized carbons (Fsp3) is 1.00. The summed E-state index contributed by atoms with van der Waals surface area (Å²) in [6, 6.07) is 0.131. The van der Waals surface area contributed by atoms with E-state index in [1.54, 1.807) is 4.31 Å². The SMILES string of the molecule is CCCCS(=O)(=O)N1C2CCC1CC(O)C2. The van der Waals surface area contributed by atoms with Crippen molar-refractivity contribution in [2.45, 2.75) is 63.6 Å². The third-order valence-electron chi connectivity index (χ3n) is 3.72. The molecule has 2 aliphatic rings. The molecule has 2 rings (SSSR count). The fourth-order valence-corrected chi connectivity index (χ4v) is 5.15. The van der Waals surface area contributed by atoms with E-state index in [4.69, 9.17) is 0 Å². The molecule has 2 aliphatic heterocycles. The van der Waals surface area contributed by atoms with Crippen LogP contribution in [0.5, 0.6) is 0 Å². The Kier molecular flexibility index (Phi) is 3.56. The molecule has 0 spiro atoms. The van der Waals surface area contributed by atoms with Gasteiger partial charge in [0, 0.05) is 12.1 Å². The van der Waals surface area contributed by atoms with Crippen LogP contribution in [0.1, 0.15) is 45.4 Å². The molecule has 16 heavy (non-hydrogen) atoms. The highest BCUT2D eigenvalue weighted by Crippen LogP contribution is 2.38. The molecule has 2 atom stereocenters. The van der Waals surface area contributed by atoms with Crippen LogP contribution in [0, 0.1) is 0 Å². The Balaban J connectivity index is 2.10. The number of sulfonamides is 1. The molecule has 0 amide bonds. The van der Waals surface area contributed by atoms with Gasteiger partial charge in [0.05, 0.1) is 11.9 Å². The van der Waals surface area contributed by atoms with Crippen molar-refractivity contribution in [3.05, 3.63) is 0 Å². The molecular formula is C11H21NO3S. The molecule has 0 saturated carbocycles. The van der Waals surface area contributed by atoms with Gasteiger partial charge in [-0.1, -0.05) is 13.3 Å². The molecule has 0 aromatic carbocycles. The zero-order valence-electron chi connectivity index (χ0n) is 9.80. The Labute approximate surface area is 97.7 Å². The van der Waals surface area contributed by atoms with Gasteiger partial charge in [-0.3, -0.25) is 0 Å². The summed E-state index contributed by atoms with van der Waals surface area (Å²) < 4.78 is 26.0. The smallest absolute Gasteiger partial charge is 0.214 e. The minimum atomic E-state index is -3.08. The number of hydrogen-bond acceptors (Lipinski definition) is 3. The molecule has 2 bridgehead atoms. The summed E-state index contributed by atoms with van der Waals surface area (Å²) in [6.07, 6.45) is 4.45. The number of fused-ring (bicyclic) bond motifs is 2. The Morgan fingerprint density at radius 2 is 1.81 bits per heavy atom. The van der Waals surface area contributed by atoms with E-state index in [9.17, 15) is 13.5 Å². The van der Waals surface area contributed by atoms with Gasteiger partial charge >= 0.3 is 0 Å². The van der Waals surface area contributed by atoms with Gasteiger partial charge in [0.1, 0.15) is 0 Å². The number of hydrogen-bond donors (Lipinski definition) is 1. The molecule has 0 aromatic rings. The first-order valence-corrected chi connectivity index (χ1v) is 7.84. The first-order chi connectivity index (χ1) is 7.54. The highest BCUT2D eigenvalue weighted by molar-refractivity contribution is 7.89. The van der Waals surface area contributed by atoms with E-state index in [2.05, 4.69) is 0 Å². The van der Waals surface area contributed by atoms with Crippen LogP contribution in [0.4, 0.5) is 0 Å². The molecule has 0 radical (unpaired) electrons. The molecule has 2 unspecified atom stereocenters. The summed E-state index contributed by atoms with van der Waals surface area (Å²) >= 11 is 0. The molecule has 1 N–H and O–H groups in total. The number of aliphatic hydroxyl groups is 1. The van der Waals surface area contributed by atoms with Crippen molar-refractivity contribution in [1.29, 1.82) is 0 Å². The van der Waals surface area contributed by atoms with Crippen LogP contribution in [-0.4, -0.2) is 41.8 Å². The fourth-order valence-electron chi connectivity index (χ4n) is 2.99. The zero-order chi connectivity index (χ0) is 11.8. The van der Waals surface area contributed by atoms with Crippen molar-refractivity contribution in [2.24, 2.45) is 0 Å². The lowest BCUT2D eigenvalue weighted by atomic mass is 10.0. The van der Waals surface area contributed by atoms with E-state index < -0.39 is 10.0 Å². The molecule has 0 aliphatic carbocycles. The zero-order valence-corrected chi connectivity index (χ0v) is 10.6. The standard InChI is InChI=1S/C11H21NO3S/c1-2-3-6-16(14,15)12-9-4-5-10(12)8-11(13)7-9/h9-11,13H,2-8H2,1H3. The minimum Gasteiger partial charge on any atom is -0.393 e. The van der Waals surface area contributed by atoms with Crippen LogP contribution in [0.25, 0.3) is 0 Å². The Hall–Kier alpha value is -0.130. The van der Waals surface area contributed by atoms with E-state index in [-0.39, 0.29) is 23.9 Å². The monoisotopic (exact) mass is 247 g/mol. The van der Waals surface area contributed by atoms with E-state index >= 15 is 0 Å². The third kappa shape index (κ3) is 2.26. The maximum absolute atomic E-state index is 12.2. The van der Waals surface area contributed by atoms with Gasteiger partial charge in [0.2, 0.25) is 10.0 Å². The molecule has 2 heterocycles. The van der Waals surface area contributed by atoms with Crippen LogP contribution in [-0.2, 0) is 10.0 Å². The number of rotatable bonds is 4. The largest absolute Gasteiger partial charge is 0.393 e. The maximum Gasteiger partial charge on any atom is 0.214 e. The molecule has 4 nitrogen and oxygen atoms in total. The van der Waals surface area contributed by atoms with Gasteiger partial charge in [-0.05, 0) is 32.1 Å². The normalized spacial score (nSPS) is 35.5. The van der Waals surface area contributed by atoms with Crippen molar-refractivity contribution in [3.63, 3.8) is 0 Å². The van der Waals surface area contributed by atoms with Gasteiger partial charge in [-0.25, -0.2) is 8.42 Å². The van der Waals surface area contributed by atoms with Crippen molar-refractivity contribution in [1.82, 2.24) is 4.31 Å². The third-order valence-corrected chi connectivity index (χ3v) is 5.76. The van der Waals surface area contributed by atoms with E-state index in [0.717, 1.165) is 25.7 Å². The van der Waals surface area contributed by atoms with Crippen molar-refractivity contribution in [3.8, 4) is 0 Å². The van der Waals surface area contributed by atoms with Crippen LogP contribution in [0.3, 0.4) is 0 Å². The lowest BCUT2D eigenvalue weighted by Gasteiger charge is -2.36. The second-order valence-electron chi connectivity index (χ2n) is 5.01. The lowest BCUT2D eigenvalue weighted by molar-refractivity contribution is 0.0769. The molecule has 0 aromatic heterocycles. The summed E-state index contributed by atoms with van der Waals surface area (Å²) in [4.78, 5) is 0. The molecule has 94 valence electrons. The van der Waals surface area contributed by atoms with E-state index in [0.29, 0.717) is 12.8 Å². The van der Waals surface area contributed by atoms with Gasteiger partial charge in [-0.2, -0.15) is 4.31 Å². The first-order valence-electron chi connectivity index (χ1n) is 6.24. The van der Waals surface area contributed by atoms with Crippen LogP contribution >= 0.6 is 0 Å². The van der Waals surface area contributed by atoms with Gasteiger partial charge < -0.3 is 5.11 Å². The molecule has 2 saturated heterocycles. The highest BCUT2D eigenvalue weighted by Gasteiger charge is 2.45. The summed E-state index contributed by atoms with van der Waals surface area (Å²) in [5.74, 6) is 0.270. The summed E-state index contributed by atoms with van der Waals surface area (Å²) in [7, 11) is -3.08. The van der Waals surface area contributed by atoms with Crippen molar-refractivity contribution >= 4 is 10.0 Å². The number of piperidine rings is 1. The van der Waals surface area contributed by atoms with E-state index in [1.807, 2.05) is 6.92 Å². The highest BCUT2D eigenvalue weighted by atomic mass is 32.2. The second-order valence-corrected chi connectivity index (χ2v) is 7.00. The Morgan fingerprint density at radius 1 is 1.25 bits per heavy atom. The molecule has 5 heteroatoms. The van der Waals surface area contributed by atoms with Gasteiger partial charge in [0.25, 0.3) is 0 Å². The first kappa shape index (κ1) is 12.3. The topological polar surface area (TPSA) is 57.6 Å². The number of nitrogens with zero attached hydrogens (tertiary/aromatic N) is 1. The van der Waals surface area contributed by atoms with Crippen LogP contribution in [0.2, 0.25) is 0 Å². The molecular weight excluding hydrogens is 226 g/mol. The number of unbranched alkanes of at least 4 members (excludes halogenated alkanes) is 1. The molecule has 2 fully saturated rings. The quantitative estimate of drug-likeness (QED) is 0.809.